The Labute approximate surface area is 328 Å². The molecule has 10 N–H and O–H groups in total. The number of rotatable bonds is 23. The number of pyridine rings is 1. The first-order valence-corrected chi connectivity index (χ1v) is 18.7. The van der Waals surface area contributed by atoms with E-state index in [0.717, 1.165) is 87.7 Å². The first kappa shape index (κ1) is 43.3. The molecule has 0 aromatic carbocycles. The predicted molar refractivity (Wildman–Crippen MR) is 230 cm³/mol. The largest absolute Gasteiger partial charge is 0.390 e. The number of aromatic nitrogens is 1. The van der Waals surface area contributed by atoms with Gasteiger partial charge in [0.1, 0.15) is 5.82 Å². The van der Waals surface area contributed by atoms with Crippen LogP contribution in [0.1, 0.15) is 70.1 Å². The number of nitrogens with two attached hydrogens (primary N) is 3. The number of allylic oxidation sites excluding steroid dienone is 8. The number of nitrogens with zero attached hydrogens (tertiary/aromatic N) is 4. The molecule has 0 radical (unpaired) electrons. The molecule has 0 saturated heterocycles. The fourth-order valence-electron chi connectivity index (χ4n) is 6.56. The van der Waals surface area contributed by atoms with E-state index in [-0.39, 0.29) is 0 Å². The number of hydrogen-bond acceptors (Lipinski definition) is 10. The van der Waals surface area contributed by atoms with E-state index in [0.29, 0.717) is 62.4 Å². The van der Waals surface area contributed by atoms with E-state index in [2.05, 4.69) is 102 Å². The lowest BCUT2D eigenvalue weighted by Gasteiger charge is -2.32. The van der Waals surface area contributed by atoms with E-state index in [1.165, 1.54) is 6.34 Å². The Kier molecular flexibility index (Phi) is 17.0. The molecule has 1 aromatic heterocycles. The zero-order valence-electron chi connectivity index (χ0n) is 32.7. The SMILES string of the molecule is C=C(/C=C\C(=C/CC)CC/C(=C\[C@@]1(CCc2ccc(C(=C)NCCCC#N)cn2)C(=C)NC(C)=C1C(=C)N=CN)C1=C(N)N=CNC1=C)C(=C)NCCCN. The molecule has 1 aromatic rings. The van der Waals surface area contributed by atoms with Crippen LogP contribution < -0.4 is 38.5 Å². The minimum Gasteiger partial charge on any atom is -0.390 e. The van der Waals surface area contributed by atoms with Crippen LogP contribution in [0.25, 0.3) is 5.70 Å². The fraction of sp³-hybridized carbons (Fsp3) is 0.318. The Morgan fingerprint density at radius 2 is 1.85 bits per heavy atom. The van der Waals surface area contributed by atoms with Gasteiger partial charge in [0.15, 0.2) is 0 Å². The van der Waals surface area contributed by atoms with Crippen LogP contribution in [0.2, 0.25) is 0 Å². The van der Waals surface area contributed by atoms with Crippen molar-refractivity contribution >= 4 is 18.4 Å². The Morgan fingerprint density at radius 3 is 2.51 bits per heavy atom. The summed E-state index contributed by atoms with van der Waals surface area (Å²) in [4.78, 5) is 13.7. The quantitative estimate of drug-likeness (QED) is 0.0278. The molecule has 11 nitrogen and oxygen atoms in total. The van der Waals surface area contributed by atoms with Crippen LogP contribution in [0.5, 0.6) is 0 Å². The summed E-state index contributed by atoms with van der Waals surface area (Å²) in [6.07, 6.45) is 18.6. The zero-order valence-corrected chi connectivity index (χ0v) is 32.7. The lowest BCUT2D eigenvalue weighted by Crippen LogP contribution is -2.27. The van der Waals surface area contributed by atoms with Gasteiger partial charge >= 0.3 is 0 Å². The number of aryl methyl sites for hydroxylation is 1. The Hall–Kier alpha value is -6.12. The van der Waals surface area contributed by atoms with Gasteiger partial charge in [-0.1, -0.05) is 76.3 Å². The number of nitriles is 1. The minimum atomic E-state index is -0.782. The van der Waals surface area contributed by atoms with E-state index in [4.69, 9.17) is 27.4 Å². The molecule has 0 amide bonds. The number of aliphatic imine (C=N–C) groups is 2. The summed E-state index contributed by atoms with van der Waals surface area (Å²) in [5.74, 6) is 0.367. The summed E-state index contributed by atoms with van der Waals surface area (Å²) < 4.78 is 0. The van der Waals surface area contributed by atoms with Crippen LogP contribution in [0.4, 0.5) is 0 Å². The van der Waals surface area contributed by atoms with Gasteiger partial charge < -0.3 is 38.5 Å². The number of unbranched alkanes of at least 4 members (excludes halogenated alkanes) is 1. The van der Waals surface area contributed by atoms with E-state index < -0.39 is 5.41 Å². The second-order valence-corrected chi connectivity index (χ2v) is 13.4. The monoisotopic (exact) mass is 741 g/mol. The van der Waals surface area contributed by atoms with Crippen molar-refractivity contribution in [1.82, 2.24) is 26.3 Å². The molecule has 0 aliphatic carbocycles. The molecule has 1 atom stereocenters. The Balaban J connectivity index is 2.07. The van der Waals surface area contributed by atoms with Gasteiger partial charge in [0.2, 0.25) is 0 Å². The van der Waals surface area contributed by atoms with Crippen LogP contribution in [0.15, 0.2) is 154 Å². The molecule has 0 saturated carbocycles. The number of hydrogen-bond donors (Lipinski definition) is 7. The molecule has 11 heteroatoms. The lowest BCUT2D eigenvalue weighted by atomic mass is 9.71. The van der Waals surface area contributed by atoms with Gasteiger partial charge in [0, 0.05) is 76.6 Å². The second-order valence-electron chi connectivity index (χ2n) is 13.4. The fourth-order valence-corrected chi connectivity index (χ4v) is 6.56. The molecule has 0 fully saturated rings. The van der Waals surface area contributed by atoms with Gasteiger partial charge in [-0.2, -0.15) is 5.26 Å². The molecular formula is C44H59N11. The molecule has 3 heterocycles. The Morgan fingerprint density at radius 1 is 1.09 bits per heavy atom. The maximum atomic E-state index is 8.84. The second kappa shape index (κ2) is 21.5. The van der Waals surface area contributed by atoms with E-state index in [9.17, 15) is 0 Å². The highest BCUT2D eigenvalue weighted by Crippen LogP contribution is 2.50. The third-order valence-corrected chi connectivity index (χ3v) is 9.47. The summed E-state index contributed by atoms with van der Waals surface area (Å²) in [6.45, 7) is 31.8. The van der Waals surface area contributed by atoms with E-state index in [1.54, 1.807) is 6.34 Å². The van der Waals surface area contributed by atoms with Crippen molar-refractivity contribution < 1.29 is 0 Å². The summed E-state index contributed by atoms with van der Waals surface area (Å²) in [5.41, 5.74) is 27.9. The maximum absolute atomic E-state index is 8.84. The summed E-state index contributed by atoms with van der Waals surface area (Å²) in [5, 5.41) is 22.1. The highest BCUT2D eigenvalue weighted by molar-refractivity contribution is 5.68. The van der Waals surface area contributed by atoms with Crippen LogP contribution in [0.3, 0.4) is 0 Å². The molecule has 2 aliphatic heterocycles. The van der Waals surface area contributed by atoms with Crippen LogP contribution in [0, 0.1) is 16.7 Å². The van der Waals surface area contributed by atoms with Crippen molar-refractivity contribution in [3.05, 3.63) is 156 Å². The first-order valence-electron chi connectivity index (χ1n) is 18.7. The normalized spacial score (nSPS) is 17.4. The summed E-state index contributed by atoms with van der Waals surface area (Å²) in [6, 6.07) is 6.18. The van der Waals surface area contributed by atoms with E-state index >= 15 is 0 Å². The standard InChI is InChI=1S/C44H59N11/c1-9-13-37(15-14-30(2)31(3)49-25-12-23-46)16-17-38(41-33(5)53-29-54-43(41)48)26-44(36(8)55-35(7)42(44)34(6)52-28-47)21-20-40-19-18-39(27-51-40)32(4)50-24-11-10-22-45/h13-15,18-19,26-29,49-50,55H,2-6,8-12,16-17,20-21,23-25,46,48H2,1,7H3,(H2,47,52)(H,53,54)/b15-14-,37-13+,38-26+/t44-/m0/s1. The van der Waals surface area contributed by atoms with Crippen LogP contribution in [-0.4, -0.2) is 37.3 Å². The average Bonchev–Trinajstić information content (AvgIpc) is 3.41. The molecule has 2 aliphatic rings. The average molecular weight is 742 g/mol. The van der Waals surface area contributed by atoms with Crippen LogP contribution >= 0.6 is 0 Å². The molecule has 0 bridgehead atoms. The molecule has 55 heavy (non-hydrogen) atoms. The minimum absolute atomic E-state index is 0.367. The van der Waals surface area contributed by atoms with Gasteiger partial charge in [-0.3, -0.25) is 4.98 Å². The Bertz CT molecular complexity index is 1890. The lowest BCUT2D eigenvalue weighted by molar-refractivity contribution is 0.501. The van der Waals surface area contributed by atoms with Gasteiger partial charge in [-0.05, 0) is 81.7 Å². The van der Waals surface area contributed by atoms with Crippen molar-refractivity contribution in [3.63, 3.8) is 0 Å². The topological polar surface area (TPSA) is 188 Å². The molecule has 290 valence electrons. The molecular weight excluding hydrogens is 683 g/mol. The summed E-state index contributed by atoms with van der Waals surface area (Å²) in [7, 11) is 0. The molecule has 0 spiro atoms. The zero-order chi connectivity index (χ0) is 40.4. The van der Waals surface area contributed by atoms with Gasteiger partial charge in [-0.15, -0.1) is 0 Å². The van der Waals surface area contributed by atoms with Crippen molar-refractivity contribution in [3.8, 4) is 6.07 Å². The molecule has 3 rings (SSSR count). The van der Waals surface area contributed by atoms with Gasteiger partial charge in [-0.25, -0.2) is 9.98 Å². The third kappa shape index (κ3) is 11.9. The summed E-state index contributed by atoms with van der Waals surface area (Å²) >= 11 is 0. The highest BCUT2D eigenvalue weighted by Gasteiger charge is 2.43. The van der Waals surface area contributed by atoms with E-state index in [1.807, 2.05) is 31.3 Å². The van der Waals surface area contributed by atoms with Crippen molar-refractivity contribution in [2.45, 2.75) is 65.2 Å². The van der Waals surface area contributed by atoms with Gasteiger partial charge in [0.05, 0.1) is 29.9 Å². The smallest absolute Gasteiger partial charge is 0.134 e. The third-order valence-electron chi connectivity index (χ3n) is 9.47. The predicted octanol–water partition coefficient (Wildman–Crippen LogP) is 6.68. The first-order chi connectivity index (χ1) is 26.4. The molecule has 0 unspecified atom stereocenters. The van der Waals surface area contributed by atoms with Crippen molar-refractivity contribution in [1.29, 1.82) is 5.26 Å². The van der Waals surface area contributed by atoms with Crippen molar-refractivity contribution in [2.75, 3.05) is 19.6 Å². The maximum Gasteiger partial charge on any atom is 0.134 e. The highest BCUT2D eigenvalue weighted by atomic mass is 15.0. The number of nitrogens with one attached hydrogen (secondary N) is 4. The van der Waals surface area contributed by atoms with Gasteiger partial charge in [0.25, 0.3) is 0 Å². The van der Waals surface area contributed by atoms with Crippen molar-refractivity contribution in [2.24, 2.45) is 32.6 Å². The van der Waals surface area contributed by atoms with Crippen LogP contribution in [-0.2, 0) is 6.42 Å².